The summed E-state index contributed by atoms with van der Waals surface area (Å²) in [5, 5.41) is 4.39. The molecule has 0 aromatic heterocycles. The van der Waals surface area contributed by atoms with E-state index in [1.54, 1.807) is 0 Å². The van der Waals surface area contributed by atoms with Crippen LogP contribution in [-0.2, 0) is 14.4 Å². The molecule has 124 valence electrons. The minimum absolute atomic E-state index is 0.00742. The lowest BCUT2D eigenvalue weighted by atomic mass is 9.64. The molecule has 1 fully saturated rings. The summed E-state index contributed by atoms with van der Waals surface area (Å²) >= 11 is 0. The lowest BCUT2D eigenvalue weighted by Gasteiger charge is -2.39. The predicted molar refractivity (Wildman–Crippen MR) is 88.9 cm³/mol. The van der Waals surface area contributed by atoms with Gasteiger partial charge >= 0.3 is 5.97 Å². The van der Waals surface area contributed by atoms with E-state index in [1.807, 2.05) is 25.1 Å². The van der Waals surface area contributed by atoms with E-state index >= 15 is 0 Å². The van der Waals surface area contributed by atoms with E-state index in [4.69, 9.17) is 9.57 Å². The summed E-state index contributed by atoms with van der Waals surface area (Å²) in [5.74, 6) is 0.129. The summed E-state index contributed by atoms with van der Waals surface area (Å²) in [4.78, 5) is 18.0. The van der Waals surface area contributed by atoms with Gasteiger partial charge in [-0.05, 0) is 30.7 Å². The van der Waals surface area contributed by atoms with Gasteiger partial charge in [0.2, 0.25) is 0 Å². The average Bonchev–Trinajstić information content (AvgIpc) is 3.12. The number of esters is 1. The first-order chi connectivity index (χ1) is 10.9. The first-order valence-electron chi connectivity index (χ1n) is 8.26. The Balaban J connectivity index is 1.78. The number of ether oxygens (including phenoxy) is 1. The molecule has 0 bridgehead atoms. The number of rotatable bonds is 3. The Morgan fingerprint density at radius 2 is 1.96 bits per heavy atom. The minimum Gasteiger partial charge on any atom is -0.469 e. The molecule has 1 aromatic carbocycles. The number of nitrogens with zero attached hydrogens (tertiary/aromatic N) is 1. The lowest BCUT2D eigenvalue weighted by molar-refractivity contribution is -0.157. The third-order valence-electron chi connectivity index (χ3n) is 6.13. The van der Waals surface area contributed by atoms with Gasteiger partial charge in [-0.3, -0.25) is 4.79 Å². The van der Waals surface area contributed by atoms with Gasteiger partial charge in [-0.1, -0.05) is 49.3 Å². The molecule has 4 nitrogen and oxygen atoms in total. The van der Waals surface area contributed by atoms with Crippen molar-refractivity contribution in [3.05, 3.63) is 35.9 Å². The molecule has 1 saturated carbocycles. The number of hydrogen-bond donors (Lipinski definition) is 0. The number of carbonyl (C=O) groups excluding carboxylic acids is 1. The molecule has 0 saturated heterocycles. The predicted octanol–water partition coefficient (Wildman–Crippen LogP) is 4.12. The Morgan fingerprint density at radius 1 is 1.26 bits per heavy atom. The highest BCUT2D eigenvalue weighted by Gasteiger charge is 2.58. The first kappa shape index (κ1) is 16.0. The van der Waals surface area contributed by atoms with Crippen molar-refractivity contribution in [1.82, 2.24) is 0 Å². The first-order valence-corrected chi connectivity index (χ1v) is 8.26. The van der Waals surface area contributed by atoms with E-state index in [0.29, 0.717) is 0 Å². The zero-order valence-corrected chi connectivity index (χ0v) is 14.3. The van der Waals surface area contributed by atoms with Crippen LogP contribution in [0.3, 0.4) is 0 Å². The molecule has 1 aliphatic carbocycles. The summed E-state index contributed by atoms with van der Waals surface area (Å²) in [7, 11) is 1.47. The molecular formula is C19H25NO3. The van der Waals surface area contributed by atoms with Gasteiger partial charge in [-0.15, -0.1) is 0 Å². The van der Waals surface area contributed by atoms with Crippen molar-refractivity contribution in [3.8, 4) is 0 Å². The van der Waals surface area contributed by atoms with Gasteiger partial charge in [0.1, 0.15) is 0 Å². The van der Waals surface area contributed by atoms with Crippen molar-refractivity contribution in [2.75, 3.05) is 7.11 Å². The van der Waals surface area contributed by atoms with Crippen molar-refractivity contribution in [2.45, 2.75) is 46.1 Å². The summed E-state index contributed by atoms with van der Waals surface area (Å²) in [6.07, 6.45) is 2.57. The fourth-order valence-electron chi connectivity index (χ4n) is 4.12. The molecule has 3 rings (SSSR count). The third-order valence-corrected chi connectivity index (χ3v) is 6.13. The molecule has 0 radical (unpaired) electrons. The Bertz CT molecular complexity index is 623. The summed E-state index contributed by atoms with van der Waals surface area (Å²) in [6.45, 7) is 6.32. The Kier molecular flexibility index (Phi) is 3.95. The fourth-order valence-corrected chi connectivity index (χ4v) is 4.12. The number of hydrogen-bond acceptors (Lipinski definition) is 4. The molecule has 23 heavy (non-hydrogen) atoms. The van der Waals surface area contributed by atoms with Crippen molar-refractivity contribution in [3.63, 3.8) is 0 Å². The van der Waals surface area contributed by atoms with Gasteiger partial charge in [-0.2, -0.15) is 0 Å². The van der Waals surface area contributed by atoms with Crippen LogP contribution < -0.4 is 0 Å². The van der Waals surface area contributed by atoms with Gasteiger partial charge in [0, 0.05) is 12.3 Å². The Hall–Kier alpha value is -1.84. The molecule has 3 atom stereocenters. The topological polar surface area (TPSA) is 47.9 Å². The molecule has 0 amide bonds. The summed E-state index contributed by atoms with van der Waals surface area (Å²) < 4.78 is 5.06. The van der Waals surface area contributed by atoms with Crippen LogP contribution in [0.15, 0.2) is 35.5 Å². The average molecular weight is 315 g/mol. The maximum Gasteiger partial charge on any atom is 0.312 e. The van der Waals surface area contributed by atoms with E-state index < -0.39 is 5.41 Å². The molecule has 2 aliphatic rings. The van der Waals surface area contributed by atoms with Crippen LogP contribution in [0.5, 0.6) is 0 Å². The Morgan fingerprint density at radius 3 is 2.61 bits per heavy atom. The second-order valence-electron chi connectivity index (χ2n) is 7.43. The maximum absolute atomic E-state index is 12.3. The highest BCUT2D eigenvalue weighted by Crippen LogP contribution is 2.58. The largest absolute Gasteiger partial charge is 0.469 e. The van der Waals surface area contributed by atoms with E-state index in [-0.39, 0.29) is 23.4 Å². The quantitative estimate of drug-likeness (QED) is 0.788. The molecule has 0 spiro atoms. The third kappa shape index (κ3) is 2.44. The van der Waals surface area contributed by atoms with E-state index in [1.165, 1.54) is 7.11 Å². The molecular weight excluding hydrogens is 290 g/mol. The second kappa shape index (κ2) is 5.66. The van der Waals surface area contributed by atoms with Crippen LogP contribution in [0, 0.1) is 16.7 Å². The Labute approximate surface area is 137 Å². The monoisotopic (exact) mass is 315 g/mol. The zero-order valence-electron chi connectivity index (χ0n) is 14.3. The fraction of sp³-hybridized carbons (Fsp3) is 0.579. The maximum atomic E-state index is 12.3. The van der Waals surface area contributed by atoms with Crippen molar-refractivity contribution in [2.24, 2.45) is 21.9 Å². The van der Waals surface area contributed by atoms with Gasteiger partial charge in [0.25, 0.3) is 0 Å². The molecule has 4 heteroatoms. The summed E-state index contributed by atoms with van der Waals surface area (Å²) in [6, 6.07) is 10.2. The number of benzene rings is 1. The van der Waals surface area contributed by atoms with E-state index in [2.05, 4.69) is 31.1 Å². The van der Waals surface area contributed by atoms with Gasteiger partial charge in [-0.25, -0.2) is 0 Å². The smallest absolute Gasteiger partial charge is 0.312 e. The van der Waals surface area contributed by atoms with Gasteiger partial charge in [0.05, 0.1) is 18.2 Å². The highest BCUT2D eigenvalue weighted by molar-refractivity contribution is 5.90. The standard InChI is InChI=1S/C19H25NO3/c1-18(2)14(10-11-19(18,3)17(21)22-4)15-12-16(23-20-15)13-8-6-5-7-9-13/h5-9,14,16H,10-12H2,1-4H3/t14-,16?,19+/m1/s1. The van der Waals surface area contributed by atoms with Crippen LogP contribution >= 0.6 is 0 Å². The van der Waals surface area contributed by atoms with Crippen molar-refractivity contribution >= 4 is 11.7 Å². The van der Waals surface area contributed by atoms with Gasteiger partial charge in [0.15, 0.2) is 6.10 Å². The highest BCUT2D eigenvalue weighted by atomic mass is 16.6. The molecule has 1 heterocycles. The second-order valence-corrected chi connectivity index (χ2v) is 7.43. The SMILES string of the molecule is COC(=O)[C@]1(C)CC[C@H](C2=NOC(c3ccccc3)C2)C1(C)C. The van der Waals surface area contributed by atoms with E-state index in [0.717, 1.165) is 30.5 Å². The van der Waals surface area contributed by atoms with Crippen LogP contribution in [0.25, 0.3) is 0 Å². The number of carbonyl (C=O) groups is 1. The van der Waals surface area contributed by atoms with Crippen LogP contribution in [0.2, 0.25) is 0 Å². The number of oxime groups is 1. The normalized spacial score (nSPS) is 32.3. The van der Waals surface area contributed by atoms with Crippen LogP contribution in [-0.4, -0.2) is 18.8 Å². The van der Waals surface area contributed by atoms with Crippen LogP contribution in [0.4, 0.5) is 0 Å². The van der Waals surface area contributed by atoms with Crippen molar-refractivity contribution in [1.29, 1.82) is 0 Å². The molecule has 1 aliphatic heterocycles. The van der Waals surface area contributed by atoms with Gasteiger partial charge < -0.3 is 9.57 Å². The molecule has 0 N–H and O–H groups in total. The molecule has 1 unspecified atom stereocenters. The lowest BCUT2D eigenvalue weighted by Crippen LogP contribution is -2.43. The number of methoxy groups -OCH3 is 1. The van der Waals surface area contributed by atoms with Crippen LogP contribution in [0.1, 0.15) is 51.7 Å². The van der Waals surface area contributed by atoms with E-state index in [9.17, 15) is 4.79 Å². The minimum atomic E-state index is -0.472. The zero-order chi connectivity index (χ0) is 16.7. The molecule has 1 aromatic rings. The van der Waals surface area contributed by atoms with Crippen molar-refractivity contribution < 1.29 is 14.4 Å². The summed E-state index contributed by atoms with van der Waals surface area (Å²) in [5.41, 5.74) is 1.56.